The molecule has 3 N–H and O–H groups in total. The van der Waals surface area contributed by atoms with E-state index in [4.69, 9.17) is 10.5 Å². The summed E-state index contributed by atoms with van der Waals surface area (Å²) in [5, 5.41) is 2.99. The van der Waals surface area contributed by atoms with Crippen LogP contribution in [0.15, 0.2) is 24.3 Å². The number of anilines is 1. The summed E-state index contributed by atoms with van der Waals surface area (Å²) in [7, 11) is 1.84. The van der Waals surface area contributed by atoms with E-state index in [9.17, 15) is 4.79 Å². The van der Waals surface area contributed by atoms with E-state index in [0.29, 0.717) is 0 Å². The van der Waals surface area contributed by atoms with Gasteiger partial charge < -0.3 is 20.6 Å². The molecule has 0 aliphatic carbocycles. The van der Waals surface area contributed by atoms with E-state index in [1.54, 1.807) is 0 Å². The highest BCUT2D eigenvalue weighted by Crippen LogP contribution is 2.09. The topological polar surface area (TPSA) is 81.4 Å². The summed E-state index contributed by atoms with van der Waals surface area (Å²) >= 11 is 0. The number of hydrogen-bond acceptors (Lipinski definition) is 4. The van der Waals surface area contributed by atoms with Crippen LogP contribution < -0.4 is 11.1 Å². The molecule has 1 amide bonds. The molecule has 0 saturated carbocycles. The molecule has 0 atom stereocenters. The van der Waals surface area contributed by atoms with Crippen LogP contribution in [0.5, 0.6) is 0 Å². The molecule has 88 valence electrons. The lowest BCUT2D eigenvalue weighted by molar-refractivity contribution is -0.106. The number of nitrogens with two attached hydrogens (primary N) is 1. The van der Waals surface area contributed by atoms with Crippen LogP contribution in [0.1, 0.15) is 12.5 Å². The number of rotatable bonds is 3. The zero-order chi connectivity index (χ0) is 12.4. The van der Waals surface area contributed by atoms with Crippen LogP contribution in [0, 0.1) is 0 Å². The monoisotopic (exact) mass is 224 g/mol. The highest BCUT2D eigenvalue weighted by molar-refractivity contribution is 5.64. The van der Waals surface area contributed by atoms with Gasteiger partial charge in [-0.1, -0.05) is 12.1 Å². The lowest BCUT2D eigenvalue weighted by Crippen LogP contribution is -2.12. The molecule has 0 fully saturated rings. The Hall–Kier alpha value is -2.04. The maximum atomic E-state index is 10.3. The summed E-state index contributed by atoms with van der Waals surface area (Å²) in [5.74, 6) is 0. The van der Waals surface area contributed by atoms with Gasteiger partial charge in [0.05, 0.1) is 0 Å². The van der Waals surface area contributed by atoms with Gasteiger partial charge in [-0.15, -0.1) is 0 Å². The number of ether oxygens (including phenoxy) is 1. The van der Waals surface area contributed by atoms with Crippen molar-refractivity contribution in [1.29, 1.82) is 0 Å². The Morgan fingerprint density at radius 1 is 1.44 bits per heavy atom. The van der Waals surface area contributed by atoms with Crippen LogP contribution >= 0.6 is 0 Å². The third kappa shape index (κ3) is 6.42. The Morgan fingerprint density at radius 3 is 2.31 bits per heavy atom. The largest absolute Gasteiger partial charge is 0.445 e. The van der Waals surface area contributed by atoms with E-state index >= 15 is 0 Å². The third-order valence-electron chi connectivity index (χ3n) is 1.62. The molecular weight excluding hydrogens is 208 g/mol. The number of amides is 1. The molecule has 0 bridgehead atoms. The zero-order valence-corrected chi connectivity index (χ0v) is 9.40. The molecule has 0 saturated heterocycles. The van der Waals surface area contributed by atoms with Gasteiger partial charge in [0, 0.05) is 12.7 Å². The second-order valence-corrected chi connectivity index (χ2v) is 2.79. The molecular formula is C11H16N2O3. The molecule has 0 aromatic heterocycles. The molecule has 0 aliphatic rings. The number of carbonyl (C=O) groups is 2. The Morgan fingerprint density at radius 2 is 1.94 bits per heavy atom. The maximum absolute atomic E-state index is 10.3. The molecule has 0 unspecified atom stereocenters. The minimum absolute atomic E-state index is 0.222. The number of aldehydes is 1. The van der Waals surface area contributed by atoms with Gasteiger partial charge in [-0.3, -0.25) is 0 Å². The fraction of sp³-hybridized carbons (Fsp3) is 0.273. The predicted octanol–water partition coefficient (Wildman–Crippen LogP) is 1.53. The molecule has 16 heavy (non-hydrogen) atoms. The van der Waals surface area contributed by atoms with Crippen molar-refractivity contribution in [3.05, 3.63) is 29.8 Å². The minimum Gasteiger partial charge on any atom is -0.445 e. The summed E-state index contributed by atoms with van der Waals surface area (Å²) in [6, 6.07) is 7.54. The normalized spacial score (nSPS) is 8.38. The van der Waals surface area contributed by atoms with Gasteiger partial charge in [-0.25, -0.2) is 4.79 Å². The summed E-state index contributed by atoms with van der Waals surface area (Å²) in [4.78, 5) is 19.1. The van der Waals surface area contributed by atoms with E-state index in [2.05, 4.69) is 10.1 Å². The SMILES string of the molecule is CC=O.CNc1ccc(COC(N)=O)cc1. The lowest BCUT2D eigenvalue weighted by Gasteiger charge is -2.03. The molecule has 1 rings (SSSR count). The first-order chi connectivity index (χ1) is 7.63. The standard InChI is InChI=1S/C9H12N2O2.C2H4O/c1-11-8-4-2-7(3-5-8)6-13-9(10)12;1-2-3/h2-5,11H,6H2,1H3,(H2,10,12);2H,1H3. The van der Waals surface area contributed by atoms with E-state index in [-0.39, 0.29) is 6.61 Å². The minimum atomic E-state index is -0.752. The van der Waals surface area contributed by atoms with Crippen LogP contribution in [-0.4, -0.2) is 19.4 Å². The van der Waals surface area contributed by atoms with Gasteiger partial charge in [-0.2, -0.15) is 0 Å². The Kier molecular flexibility index (Phi) is 7.23. The highest BCUT2D eigenvalue weighted by Gasteiger charge is 1.96. The van der Waals surface area contributed by atoms with E-state index < -0.39 is 6.09 Å². The van der Waals surface area contributed by atoms with Crippen LogP contribution in [-0.2, 0) is 16.1 Å². The van der Waals surface area contributed by atoms with Crippen molar-refractivity contribution < 1.29 is 14.3 Å². The summed E-state index contributed by atoms with van der Waals surface area (Å²) in [5.41, 5.74) is 6.75. The number of hydrogen-bond donors (Lipinski definition) is 2. The number of carbonyl (C=O) groups excluding carboxylic acids is 2. The van der Waals surface area contributed by atoms with Crippen LogP contribution in [0.2, 0.25) is 0 Å². The second kappa shape index (κ2) is 8.28. The number of primary amides is 1. The first-order valence-corrected chi connectivity index (χ1v) is 4.72. The first-order valence-electron chi connectivity index (χ1n) is 4.72. The average molecular weight is 224 g/mol. The zero-order valence-electron chi connectivity index (χ0n) is 9.40. The van der Waals surface area contributed by atoms with E-state index in [1.807, 2.05) is 31.3 Å². The van der Waals surface area contributed by atoms with Crippen molar-refractivity contribution in [3.8, 4) is 0 Å². The molecule has 1 aromatic carbocycles. The fourth-order valence-electron chi connectivity index (χ4n) is 0.922. The third-order valence-corrected chi connectivity index (χ3v) is 1.62. The van der Waals surface area contributed by atoms with Gasteiger partial charge in [0.25, 0.3) is 0 Å². The van der Waals surface area contributed by atoms with Crippen molar-refractivity contribution in [3.63, 3.8) is 0 Å². The molecule has 5 nitrogen and oxygen atoms in total. The van der Waals surface area contributed by atoms with Crippen LogP contribution in [0.4, 0.5) is 10.5 Å². The average Bonchev–Trinajstić information content (AvgIpc) is 2.28. The van der Waals surface area contributed by atoms with E-state index in [1.165, 1.54) is 6.92 Å². The van der Waals surface area contributed by atoms with Crippen molar-refractivity contribution in [2.45, 2.75) is 13.5 Å². The number of nitrogens with one attached hydrogen (secondary N) is 1. The Bertz CT molecular complexity index is 323. The smallest absolute Gasteiger partial charge is 0.404 e. The molecule has 0 heterocycles. The van der Waals surface area contributed by atoms with Gasteiger partial charge in [-0.05, 0) is 24.6 Å². The Labute approximate surface area is 94.6 Å². The maximum Gasteiger partial charge on any atom is 0.404 e. The second-order valence-electron chi connectivity index (χ2n) is 2.79. The fourth-order valence-corrected chi connectivity index (χ4v) is 0.922. The summed E-state index contributed by atoms with van der Waals surface area (Å²) < 4.78 is 4.62. The van der Waals surface area contributed by atoms with Crippen LogP contribution in [0.3, 0.4) is 0 Å². The molecule has 1 aromatic rings. The van der Waals surface area contributed by atoms with Gasteiger partial charge in [0.15, 0.2) is 0 Å². The predicted molar refractivity (Wildman–Crippen MR) is 62.1 cm³/mol. The van der Waals surface area contributed by atoms with Crippen molar-refractivity contribution in [2.75, 3.05) is 12.4 Å². The van der Waals surface area contributed by atoms with Crippen molar-refractivity contribution in [2.24, 2.45) is 5.73 Å². The summed E-state index contributed by atoms with van der Waals surface area (Å²) in [6.07, 6.45) is -0.00214. The van der Waals surface area contributed by atoms with Gasteiger partial charge >= 0.3 is 6.09 Å². The first kappa shape index (κ1) is 14.0. The number of benzene rings is 1. The molecule has 5 heteroatoms. The van der Waals surface area contributed by atoms with E-state index in [0.717, 1.165) is 17.5 Å². The lowest BCUT2D eigenvalue weighted by atomic mass is 10.2. The van der Waals surface area contributed by atoms with Gasteiger partial charge in [0.2, 0.25) is 0 Å². The summed E-state index contributed by atoms with van der Waals surface area (Å²) in [6.45, 7) is 1.67. The molecule has 0 aliphatic heterocycles. The van der Waals surface area contributed by atoms with Crippen molar-refractivity contribution in [1.82, 2.24) is 0 Å². The van der Waals surface area contributed by atoms with Crippen molar-refractivity contribution >= 4 is 18.1 Å². The molecule has 0 radical (unpaired) electrons. The van der Waals surface area contributed by atoms with Crippen LogP contribution in [0.25, 0.3) is 0 Å². The quantitative estimate of drug-likeness (QED) is 0.763. The van der Waals surface area contributed by atoms with Gasteiger partial charge in [0.1, 0.15) is 12.9 Å². The Balaban J connectivity index is 0.000000673. The highest BCUT2D eigenvalue weighted by atomic mass is 16.5. The molecule has 0 spiro atoms.